The number of hydrogen-bond donors (Lipinski definition) is 1. The number of para-hydroxylation sites is 1. The predicted octanol–water partition coefficient (Wildman–Crippen LogP) is 1.33. The van der Waals surface area contributed by atoms with Crippen molar-refractivity contribution in [3.05, 3.63) is 36.0 Å². The van der Waals surface area contributed by atoms with Crippen molar-refractivity contribution in [2.45, 2.75) is 26.4 Å². The number of piperazine rings is 1. The van der Waals surface area contributed by atoms with Gasteiger partial charge in [-0.2, -0.15) is 0 Å². The van der Waals surface area contributed by atoms with Gasteiger partial charge < -0.3 is 19.5 Å². The molecule has 26 heavy (non-hydrogen) atoms. The number of benzene rings is 1. The average Bonchev–Trinajstić information content (AvgIpc) is 3.04. The first kappa shape index (κ1) is 18.0. The van der Waals surface area contributed by atoms with Crippen LogP contribution in [0.25, 0.3) is 10.9 Å². The maximum absolute atomic E-state index is 12.5. The molecule has 1 saturated heterocycles. The van der Waals surface area contributed by atoms with E-state index < -0.39 is 12.1 Å². The minimum atomic E-state index is -0.836. The van der Waals surface area contributed by atoms with Crippen LogP contribution in [0.2, 0.25) is 0 Å². The summed E-state index contributed by atoms with van der Waals surface area (Å²) < 4.78 is 5.34. The molecule has 138 valence electrons. The number of nitrogens with zero attached hydrogens (tertiary/aromatic N) is 2. The molecule has 2 heterocycles. The third kappa shape index (κ3) is 3.87. The van der Waals surface area contributed by atoms with E-state index in [-0.39, 0.29) is 18.2 Å². The number of aromatic amines is 1. The maximum Gasteiger partial charge on any atom is 0.311 e. The lowest BCUT2D eigenvalue weighted by Gasteiger charge is -2.35. The van der Waals surface area contributed by atoms with Crippen molar-refractivity contribution in [2.24, 2.45) is 0 Å². The summed E-state index contributed by atoms with van der Waals surface area (Å²) in [5, 5.41) is 0.976. The Morgan fingerprint density at radius 2 is 1.77 bits per heavy atom. The standard InChI is InChI=1S/C19H23N3O4/c1-13(19(25)22-9-7-21(8-10-22)14(2)23)26-18(24)11-15-12-20-17-6-4-3-5-16(15)17/h3-6,12-13,20H,7-11H2,1-2H3. The number of hydrogen-bond acceptors (Lipinski definition) is 4. The number of H-pyrrole nitrogens is 1. The molecule has 2 aromatic rings. The summed E-state index contributed by atoms with van der Waals surface area (Å²) in [6.07, 6.45) is 1.07. The van der Waals surface area contributed by atoms with E-state index >= 15 is 0 Å². The molecular weight excluding hydrogens is 334 g/mol. The summed E-state index contributed by atoms with van der Waals surface area (Å²) in [5.41, 5.74) is 1.81. The van der Waals surface area contributed by atoms with Gasteiger partial charge in [0.25, 0.3) is 5.91 Å². The Kier molecular flexibility index (Phi) is 5.25. The number of fused-ring (bicyclic) bond motifs is 1. The summed E-state index contributed by atoms with van der Waals surface area (Å²) >= 11 is 0. The summed E-state index contributed by atoms with van der Waals surface area (Å²) in [6, 6.07) is 7.72. The Balaban J connectivity index is 1.54. The Bertz CT molecular complexity index is 821. The van der Waals surface area contributed by atoms with Crippen LogP contribution in [0, 0.1) is 0 Å². The minimum Gasteiger partial charge on any atom is -0.452 e. The fourth-order valence-corrected chi connectivity index (χ4v) is 3.22. The molecule has 1 aromatic carbocycles. The summed E-state index contributed by atoms with van der Waals surface area (Å²) in [6.45, 7) is 5.05. The van der Waals surface area contributed by atoms with Crippen LogP contribution in [-0.4, -0.2) is 64.9 Å². The van der Waals surface area contributed by atoms with E-state index in [4.69, 9.17) is 4.74 Å². The van der Waals surface area contributed by atoms with Crippen molar-refractivity contribution in [1.29, 1.82) is 0 Å². The van der Waals surface area contributed by atoms with Crippen LogP contribution in [-0.2, 0) is 25.5 Å². The molecule has 1 N–H and O–H groups in total. The van der Waals surface area contributed by atoms with Gasteiger partial charge in [0.1, 0.15) is 0 Å². The Hall–Kier alpha value is -2.83. The van der Waals surface area contributed by atoms with Crippen molar-refractivity contribution in [1.82, 2.24) is 14.8 Å². The highest BCUT2D eigenvalue weighted by Gasteiger charge is 2.28. The van der Waals surface area contributed by atoms with Crippen molar-refractivity contribution >= 4 is 28.7 Å². The number of amides is 2. The second-order valence-electron chi connectivity index (χ2n) is 6.50. The average molecular weight is 357 g/mol. The SMILES string of the molecule is CC(=O)N1CCN(C(=O)C(C)OC(=O)Cc2c[nH]c3ccccc23)CC1. The molecule has 0 saturated carbocycles. The normalized spacial score (nSPS) is 15.8. The molecule has 3 rings (SSSR count). The van der Waals surface area contributed by atoms with Gasteiger partial charge in [-0.15, -0.1) is 0 Å². The van der Waals surface area contributed by atoms with Crippen molar-refractivity contribution in [2.75, 3.05) is 26.2 Å². The molecule has 0 bridgehead atoms. The highest BCUT2D eigenvalue weighted by atomic mass is 16.5. The van der Waals surface area contributed by atoms with Gasteiger partial charge in [-0.05, 0) is 18.6 Å². The molecule has 0 spiro atoms. The van der Waals surface area contributed by atoms with E-state index in [0.717, 1.165) is 16.5 Å². The number of carbonyl (C=O) groups excluding carboxylic acids is 3. The summed E-state index contributed by atoms with van der Waals surface area (Å²) in [5.74, 6) is -0.645. The largest absolute Gasteiger partial charge is 0.452 e. The topological polar surface area (TPSA) is 82.7 Å². The van der Waals surface area contributed by atoms with Crippen LogP contribution in [0.3, 0.4) is 0 Å². The molecule has 1 atom stereocenters. The summed E-state index contributed by atoms with van der Waals surface area (Å²) in [7, 11) is 0. The highest BCUT2D eigenvalue weighted by Crippen LogP contribution is 2.18. The summed E-state index contributed by atoms with van der Waals surface area (Å²) in [4.78, 5) is 42.5. The number of aromatic nitrogens is 1. The third-order valence-corrected chi connectivity index (χ3v) is 4.70. The van der Waals surface area contributed by atoms with Crippen LogP contribution in [0.15, 0.2) is 30.5 Å². The van der Waals surface area contributed by atoms with Gasteiger partial charge in [0.05, 0.1) is 6.42 Å². The molecule has 1 aliphatic heterocycles. The first-order chi connectivity index (χ1) is 12.5. The van der Waals surface area contributed by atoms with Gasteiger partial charge in [0.15, 0.2) is 6.10 Å². The van der Waals surface area contributed by atoms with Gasteiger partial charge in [0.2, 0.25) is 5.91 Å². The van der Waals surface area contributed by atoms with Crippen molar-refractivity contribution in [3.8, 4) is 0 Å². The molecule has 0 aliphatic carbocycles. The fourth-order valence-electron chi connectivity index (χ4n) is 3.22. The molecular formula is C19H23N3O4. The second-order valence-corrected chi connectivity index (χ2v) is 6.50. The molecule has 0 radical (unpaired) electrons. The Labute approximate surface area is 151 Å². The second kappa shape index (κ2) is 7.59. The predicted molar refractivity (Wildman–Crippen MR) is 96.4 cm³/mol. The fraction of sp³-hybridized carbons (Fsp3) is 0.421. The van der Waals surface area contributed by atoms with Gasteiger partial charge in [-0.25, -0.2) is 0 Å². The van der Waals surface area contributed by atoms with Crippen LogP contribution in [0.5, 0.6) is 0 Å². The number of rotatable bonds is 4. The molecule has 2 amide bonds. The number of nitrogens with one attached hydrogen (secondary N) is 1. The van der Waals surface area contributed by atoms with E-state index in [1.54, 1.807) is 22.9 Å². The molecule has 7 nitrogen and oxygen atoms in total. The number of ether oxygens (including phenoxy) is 1. The molecule has 1 unspecified atom stereocenters. The minimum absolute atomic E-state index is 0.00954. The Morgan fingerprint density at radius 1 is 1.12 bits per heavy atom. The van der Waals surface area contributed by atoms with E-state index in [0.29, 0.717) is 26.2 Å². The zero-order valence-electron chi connectivity index (χ0n) is 15.0. The molecule has 1 aromatic heterocycles. The molecule has 7 heteroatoms. The quantitative estimate of drug-likeness (QED) is 0.837. The van der Waals surface area contributed by atoms with E-state index in [1.807, 2.05) is 24.3 Å². The first-order valence-corrected chi connectivity index (χ1v) is 8.74. The van der Waals surface area contributed by atoms with Gasteiger partial charge >= 0.3 is 5.97 Å². The van der Waals surface area contributed by atoms with Crippen LogP contribution in [0.1, 0.15) is 19.4 Å². The van der Waals surface area contributed by atoms with E-state index in [1.165, 1.54) is 6.92 Å². The van der Waals surface area contributed by atoms with Crippen molar-refractivity contribution in [3.63, 3.8) is 0 Å². The van der Waals surface area contributed by atoms with Crippen molar-refractivity contribution < 1.29 is 19.1 Å². The van der Waals surface area contributed by atoms with E-state index in [2.05, 4.69) is 4.98 Å². The zero-order valence-corrected chi connectivity index (χ0v) is 15.0. The smallest absolute Gasteiger partial charge is 0.311 e. The number of carbonyl (C=O) groups is 3. The lowest BCUT2D eigenvalue weighted by molar-refractivity contribution is -0.159. The van der Waals surface area contributed by atoms with Crippen LogP contribution in [0.4, 0.5) is 0 Å². The van der Waals surface area contributed by atoms with Crippen LogP contribution < -0.4 is 0 Å². The number of esters is 1. The molecule has 1 fully saturated rings. The highest BCUT2D eigenvalue weighted by molar-refractivity contribution is 5.88. The first-order valence-electron chi connectivity index (χ1n) is 8.74. The zero-order chi connectivity index (χ0) is 18.7. The van der Waals surface area contributed by atoms with Gasteiger partial charge in [-0.1, -0.05) is 18.2 Å². The third-order valence-electron chi connectivity index (χ3n) is 4.70. The Morgan fingerprint density at radius 3 is 2.46 bits per heavy atom. The monoisotopic (exact) mass is 357 g/mol. The molecule has 1 aliphatic rings. The maximum atomic E-state index is 12.5. The lowest BCUT2D eigenvalue weighted by atomic mass is 10.1. The van der Waals surface area contributed by atoms with Gasteiger partial charge in [0, 0.05) is 50.2 Å². The van der Waals surface area contributed by atoms with Gasteiger partial charge in [-0.3, -0.25) is 14.4 Å². The lowest BCUT2D eigenvalue weighted by Crippen LogP contribution is -2.52. The van der Waals surface area contributed by atoms with Crippen LogP contribution >= 0.6 is 0 Å². The van der Waals surface area contributed by atoms with E-state index in [9.17, 15) is 14.4 Å².